The van der Waals surface area contributed by atoms with E-state index in [1.165, 1.54) is 23.5 Å². The van der Waals surface area contributed by atoms with E-state index in [1.807, 2.05) is 0 Å². The second-order valence-corrected chi connectivity index (χ2v) is 8.59. The van der Waals surface area contributed by atoms with E-state index in [0.717, 1.165) is 23.1 Å². The lowest BCUT2D eigenvalue weighted by molar-refractivity contribution is 0.0602. The molecule has 0 aliphatic rings. The van der Waals surface area contributed by atoms with Crippen LogP contribution in [0.2, 0.25) is 0 Å². The van der Waals surface area contributed by atoms with Crippen LogP contribution in [0, 0.1) is 0 Å². The van der Waals surface area contributed by atoms with Gasteiger partial charge in [-0.1, -0.05) is 0 Å². The van der Waals surface area contributed by atoms with Crippen LogP contribution >= 0.6 is 23.1 Å². The molecule has 0 radical (unpaired) electrons. The fourth-order valence-electron chi connectivity index (χ4n) is 1.74. The normalized spacial score (nSPS) is 11.0. The van der Waals surface area contributed by atoms with Crippen molar-refractivity contribution in [3.8, 4) is 0 Å². The molecule has 0 aliphatic heterocycles. The Morgan fingerprint density at radius 2 is 1.80 bits per heavy atom. The topological polar surface area (TPSA) is 92.8 Å². The van der Waals surface area contributed by atoms with Crippen LogP contribution in [0.25, 0.3) is 0 Å². The summed E-state index contributed by atoms with van der Waals surface area (Å²) in [7, 11) is 0.565. The molecule has 1 amide bonds. The number of methoxy groups -OCH3 is 1. The Morgan fingerprint density at radius 1 is 1.16 bits per heavy atom. The Morgan fingerprint density at radius 3 is 2.36 bits per heavy atom. The molecule has 1 aromatic heterocycles. The first-order valence-electron chi connectivity index (χ1n) is 6.92. The number of thioether (sulfide) groups is 1. The Kier molecular flexibility index (Phi) is 6.09. The number of ether oxygens (including phenoxy) is 1. The number of carbonyl (C=O) groups excluding carboxylic acids is 2. The molecule has 0 atom stereocenters. The molecular formula is C15H16N2O5S3. The summed E-state index contributed by atoms with van der Waals surface area (Å²) in [6.07, 6.45) is 0. The summed E-state index contributed by atoms with van der Waals surface area (Å²) in [5.41, 5.74) is 0.323. The fourth-order valence-corrected chi connectivity index (χ4v) is 4.79. The van der Waals surface area contributed by atoms with Crippen molar-refractivity contribution in [3.05, 3.63) is 40.6 Å². The van der Waals surface area contributed by atoms with Crippen LogP contribution in [0.5, 0.6) is 0 Å². The maximum atomic E-state index is 12.5. The van der Waals surface area contributed by atoms with Gasteiger partial charge in [0.05, 0.1) is 7.11 Å². The van der Waals surface area contributed by atoms with E-state index < -0.39 is 16.0 Å². The molecular weight excluding hydrogens is 384 g/mol. The highest BCUT2D eigenvalue weighted by Gasteiger charge is 2.24. The van der Waals surface area contributed by atoms with Crippen LogP contribution in [-0.2, 0) is 14.8 Å². The number of esters is 1. The number of hydrogen-bond acceptors (Lipinski definition) is 7. The Bertz CT molecular complexity index is 873. The minimum Gasteiger partial charge on any atom is -0.465 e. The average molecular weight is 401 g/mol. The molecule has 1 heterocycles. The molecule has 0 fully saturated rings. The summed E-state index contributed by atoms with van der Waals surface area (Å²) in [6, 6.07) is 7.72. The van der Waals surface area contributed by atoms with Gasteiger partial charge >= 0.3 is 5.97 Å². The number of carbonyl (C=O) groups is 2. The molecule has 134 valence electrons. The number of thiophene rings is 1. The fraction of sp³-hybridized carbons (Fsp3) is 0.200. The molecule has 0 bridgehead atoms. The van der Waals surface area contributed by atoms with E-state index in [0.29, 0.717) is 10.6 Å². The number of nitrogens with zero attached hydrogens (tertiary/aromatic N) is 1. The smallest absolute Gasteiger partial charge is 0.349 e. The van der Waals surface area contributed by atoms with Gasteiger partial charge in [0, 0.05) is 24.7 Å². The number of benzene rings is 1. The summed E-state index contributed by atoms with van der Waals surface area (Å²) < 4.78 is 32.0. The molecule has 2 aromatic rings. The van der Waals surface area contributed by atoms with E-state index in [1.54, 1.807) is 38.4 Å². The lowest BCUT2D eigenvalue weighted by Crippen LogP contribution is -2.16. The molecule has 0 spiro atoms. The van der Waals surface area contributed by atoms with E-state index >= 15 is 0 Å². The van der Waals surface area contributed by atoms with E-state index in [-0.39, 0.29) is 15.0 Å². The molecule has 1 N–H and O–H groups in total. The van der Waals surface area contributed by atoms with Gasteiger partial charge in [-0.3, -0.25) is 9.52 Å². The Hall–Kier alpha value is -2.04. The van der Waals surface area contributed by atoms with E-state index in [2.05, 4.69) is 9.46 Å². The summed E-state index contributed by atoms with van der Waals surface area (Å²) in [5.74, 6) is -0.704. The van der Waals surface area contributed by atoms with Gasteiger partial charge in [-0.2, -0.15) is 0 Å². The third kappa shape index (κ3) is 4.74. The minimum absolute atomic E-state index is 0.0127. The van der Waals surface area contributed by atoms with Gasteiger partial charge in [0.2, 0.25) is 0 Å². The number of amides is 1. The van der Waals surface area contributed by atoms with Gasteiger partial charge in [-0.15, -0.1) is 11.3 Å². The molecule has 25 heavy (non-hydrogen) atoms. The molecule has 0 unspecified atom stereocenters. The SMILES string of the molecule is COC(=O)c1sccc1S(=O)(=O)Nc1ccc(SC(=O)N(C)C)cc1. The lowest BCUT2D eigenvalue weighted by atomic mass is 10.3. The second kappa shape index (κ2) is 7.89. The molecule has 10 heteroatoms. The quantitative estimate of drug-likeness (QED) is 0.612. The maximum Gasteiger partial charge on any atom is 0.349 e. The highest BCUT2D eigenvalue weighted by molar-refractivity contribution is 8.13. The van der Waals surface area contributed by atoms with Gasteiger partial charge in [-0.25, -0.2) is 13.2 Å². The monoisotopic (exact) mass is 400 g/mol. The maximum absolute atomic E-state index is 12.5. The molecule has 2 rings (SSSR count). The standard InChI is InChI=1S/C15H16N2O5S3/c1-17(2)15(19)24-11-6-4-10(5-7-11)16-25(20,21)12-8-9-23-13(12)14(18)22-3/h4-9,16H,1-3H3. The zero-order valence-electron chi connectivity index (χ0n) is 13.7. The number of nitrogens with one attached hydrogen (secondary N) is 1. The largest absolute Gasteiger partial charge is 0.465 e. The van der Waals surface area contributed by atoms with Crippen molar-refractivity contribution in [2.24, 2.45) is 0 Å². The third-order valence-electron chi connectivity index (χ3n) is 2.97. The van der Waals surface area contributed by atoms with Crippen molar-refractivity contribution < 1.29 is 22.7 Å². The molecule has 0 saturated heterocycles. The van der Waals surface area contributed by atoms with Crippen molar-refractivity contribution in [3.63, 3.8) is 0 Å². The Labute approximate surface area is 154 Å². The molecule has 0 aliphatic carbocycles. The highest BCUT2D eigenvalue weighted by Crippen LogP contribution is 2.27. The highest BCUT2D eigenvalue weighted by atomic mass is 32.2. The molecule has 1 aromatic carbocycles. The van der Waals surface area contributed by atoms with E-state index in [4.69, 9.17) is 0 Å². The molecule has 0 saturated carbocycles. The van der Waals surface area contributed by atoms with Gasteiger partial charge in [0.15, 0.2) is 0 Å². The van der Waals surface area contributed by atoms with Crippen molar-refractivity contribution in [1.29, 1.82) is 0 Å². The second-order valence-electron chi connectivity index (χ2n) is 5.00. The number of hydrogen-bond donors (Lipinski definition) is 1. The van der Waals surface area contributed by atoms with Crippen LogP contribution in [0.1, 0.15) is 9.67 Å². The minimum atomic E-state index is -3.93. The van der Waals surface area contributed by atoms with Crippen LogP contribution in [-0.4, -0.2) is 45.7 Å². The number of rotatable bonds is 5. The summed E-state index contributed by atoms with van der Waals surface area (Å²) in [4.78, 5) is 25.3. The first-order valence-corrected chi connectivity index (χ1v) is 10.1. The zero-order valence-corrected chi connectivity index (χ0v) is 16.1. The number of sulfonamides is 1. The first kappa shape index (κ1) is 19.3. The van der Waals surface area contributed by atoms with Crippen LogP contribution in [0.4, 0.5) is 10.5 Å². The van der Waals surface area contributed by atoms with Crippen LogP contribution < -0.4 is 4.72 Å². The van der Waals surface area contributed by atoms with Crippen molar-refractivity contribution in [1.82, 2.24) is 4.90 Å². The zero-order chi connectivity index (χ0) is 18.6. The Balaban J connectivity index is 2.17. The first-order chi connectivity index (χ1) is 11.7. The van der Waals surface area contributed by atoms with Crippen LogP contribution in [0.3, 0.4) is 0 Å². The average Bonchev–Trinajstić information content (AvgIpc) is 3.06. The summed E-state index contributed by atoms with van der Waals surface area (Å²) in [6.45, 7) is 0. The van der Waals surface area contributed by atoms with E-state index in [9.17, 15) is 18.0 Å². The van der Waals surface area contributed by atoms with Gasteiger partial charge < -0.3 is 9.64 Å². The van der Waals surface area contributed by atoms with Crippen molar-refractivity contribution >= 4 is 50.0 Å². The predicted octanol–water partition coefficient (Wildman–Crippen LogP) is 3.11. The van der Waals surface area contributed by atoms with Gasteiger partial charge in [-0.05, 0) is 47.5 Å². The number of anilines is 1. The van der Waals surface area contributed by atoms with Gasteiger partial charge in [0.1, 0.15) is 9.77 Å². The van der Waals surface area contributed by atoms with Crippen molar-refractivity contribution in [2.75, 3.05) is 25.9 Å². The van der Waals surface area contributed by atoms with Gasteiger partial charge in [0.25, 0.3) is 15.3 Å². The van der Waals surface area contributed by atoms with Crippen LogP contribution in [0.15, 0.2) is 45.5 Å². The molecule has 7 nitrogen and oxygen atoms in total. The summed E-state index contributed by atoms with van der Waals surface area (Å²) >= 11 is 2.03. The predicted molar refractivity (Wildman–Crippen MR) is 97.8 cm³/mol. The van der Waals surface area contributed by atoms with Crippen molar-refractivity contribution in [2.45, 2.75) is 9.79 Å². The third-order valence-corrected chi connectivity index (χ3v) is 6.46. The summed E-state index contributed by atoms with van der Waals surface area (Å²) in [5, 5.41) is 1.38. The lowest BCUT2D eigenvalue weighted by Gasteiger charge is -2.10.